The molecule has 3 aromatic carbocycles. The van der Waals surface area contributed by atoms with Crippen molar-refractivity contribution in [3.8, 4) is 11.5 Å². The fourth-order valence-corrected chi connectivity index (χ4v) is 4.41. The van der Waals surface area contributed by atoms with Gasteiger partial charge in [0.15, 0.2) is 0 Å². The number of benzene rings is 3. The van der Waals surface area contributed by atoms with E-state index in [1.165, 1.54) is 6.21 Å². The third-order valence-corrected chi connectivity index (χ3v) is 6.85. The minimum atomic E-state index is -0.660. The Kier molecular flexibility index (Phi) is 6.20. The van der Waals surface area contributed by atoms with Crippen molar-refractivity contribution in [1.82, 2.24) is 10.9 Å². The van der Waals surface area contributed by atoms with E-state index in [-0.39, 0.29) is 11.5 Å². The minimum Gasteiger partial charge on any atom is -0.507 e. The Labute approximate surface area is 200 Å². The lowest BCUT2D eigenvalue weighted by Crippen LogP contribution is -2.38. The number of hydrazone groups is 2. The molecular formula is C25H23BrN4O3. The Balaban J connectivity index is 1.55. The molecule has 0 spiro atoms. The summed E-state index contributed by atoms with van der Waals surface area (Å²) in [5.41, 5.74) is 8.63. The van der Waals surface area contributed by atoms with Crippen LogP contribution in [0.4, 0.5) is 0 Å². The summed E-state index contributed by atoms with van der Waals surface area (Å²) in [7, 11) is 0. The third kappa shape index (κ3) is 4.09. The van der Waals surface area contributed by atoms with Crippen molar-refractivity contribution in [1.29, 1.82) is 0 Å². The molecule has 3 aromatic rings. The number of phenolic OH excluding ortho intramolecular Hbond substituents is 2. The van der Waals surface area contributed by atoms with Crippen molar-refractivity contribution < 1.29 is 15.0 Å². The van der Waals surface area contributed by atoms with Gasteiger partial charge in [0.05, 0.1) is 10.7 Å². The molecule has 1 heterocycles. The maximum absolute atomic E-state index is 12.8. The van der Waals surface area contributed by atoms with Crippen LogP contribution in [0.25, 0.3) is 0 Å². The first-order valence-corrected chi connectivity index (χ1v) is 11.1. The van der Waals surface area contributed by atoms with E-state index >= 15 is 0 Å². The zero-order chi connectivity index (χ0) is 23.6. The van der Waals surface area contributed by atoms with Gasteiger partial charge in [0.25, 0.3) is 5.91 Å². The Bertz CT molecular complexity index is 1190. The van der Waals surface area contributed by atoms with Crippen molar-refractivity contribution >= 4 is 33.8 Å². The predicted molar refractivity (Wildman–Crippen MR) is 132 cm³/mol. The number of halogens is 1. The van der Waals surface area contributed by atoms with Crippen LogP contribution in [0, 0.1) is 13.8 Å². The van der Waals surface area contributed by atoms with Crippen LogP contribution in [0.5, 0.6) is 11.5 Å². The molecule has 0 fully saturated rings. The monoisotopic (exact) mass is 506 g/mol. The van der Waals surface area contributed by atoms with E-state index in [0.717, 1.165) is 11.1 Å². The molecule has 7 nitrogen and oxygen atoms in total. The lowest BCUT2D eigenvalue weighted by Gasteiger charge is -2.30. The molecule has 0 radical (unpaired) electrons. The van der Waals surface area contributed by atoms with Crippen molar-refractivity contribution in [3.63, 3.8) is 0 Å². The van der Waals surface area contributed by atoms with Gasteiger partial charge in [0.1, 0.15) is 22.7 Å². The highest BCUT2D eigenvalue weighted by Crippen LogP contribution is 2.39. The van der Waals surface area contributed by atoms with Gasteiger partial charge in [-0.25, -0.2) is 5.43 Å². The smallest absolute Gasteiger partial charge is 0.287 e. The SMILES string of the molecule is Cc1c(O)c(Br)c(C)c(/C=N/NC(=O)C2=NNC(c3ccccc3)(c3ccccc3)C2)c1O. The van der Waals surface area contributed by atoms with Gasteiger partial charge in [0, 0.05) is 17.5 Å². The van der Waals surface area contributed by atoms with Crippen molar-refractivity contribution in [2.75, 3.05) is 0 Å². The van der Waals surface area contributed by atoms with Crippen LogP contribution in [0.15, 0.2) is 75.3 Å². The zero-order valence-corrected chi connectivity index (χ0v) is 19.7. The number of rotatable bonds is 5. The van der Waals surface area contributed by atoms with E-state index in [1.807, 2.05) is 60.7 Å². The maximum Gasteiger partial charge on any atom is 0.287 e. The number of aromatic hydroxyl groups is 2. The van der Waals surface area contributed by atoms with Crippen LogP contribution in [-0.4, -0.2) is 28.0 Å². The summed E-state index contributed by atoms with van der Waals surface area (Å²) in [4.78, 5) is 12.8. The second-order valence-corrected chi connectivity index (χ2v) is 8.65. The number of amides is 1. The number of carbonyl (C=O) groups excluding carboxylic acids is 1. The van der Waals surface area contributed by atoms with Crippen LogP contribution < -0.4 is 10.9 Å². The molecule has 1 amide bonds. The van der Waals surface area contributed by atoms with E-state index in [2.05, 4.69) is 37.0 Å². The Morgan fingerprint density at radius 2 is 1.61 bits per heavy atom. The fourth-order valence-electron chi connectivity index (χ4n) is 3.90. The van der Waals surface area contributed by atoms with Gasteiger partial charge < -0.3 is 10.2 Å². The Morgan fingerprint density at radius 1 is 1.03 bits per heavy atom. The molecule has 1 aliphatic heterocycles. The third-order valence-electron chi connectivity index (χ3n) is 5.88. The zero-order valence-electron chi connectivity index (χ0n) is 18.1. The lowest BCUT2D eigenvalue weighted by molar-refractivity contribution is -0.114. The maximum atomic E-state index is 12.8. The number of hydrogen-bond donors (Lipinski definition) is 4. The minimum absolute atomic E-state index is 0.0317. The summed E-state index contributed by atoms with van der Waals surface area (Å²) >= 11 is 3.31. The quantitative estimate of drug-likeness (QED) is 0.307. The van der Waals surface area contributed by atoms with Crippen molar-refractivity contribution in [2.45, 2.75) is 25.8 Å². The molecule has 0 bridgehead atoms. The number of phenols is 2. The van der Waals surface area contributed by atoms with Gasteiger partial charge in [-0.15, -0.1) is 0 Å². The van der Waals surface area contributed by atoms with Gasteiger partial charge in [-0.2, -0.15) is 10.2 Å². The second kappa shape index (κ2) is 9.07. The van der Waals surface area contributed by atoms with Crippen LogP contribution >= 0.6 is 15.9 Å². The van der Waals surface area contributed by atoms with E-state index in [0.29, 0.717) is 33.3 Å². The number of nitrogens with zero attached hydrogens (tertiary/aromatic N) is 2. The van der Waals surface area contributed by atoms with E-state index in [4.69, 9.17) is 0 Å². The molecule has 0 atom stereocenters. The summed E-state index contributed by atoms with van der Waals surface area (Å²) in [6.07, 6.45) is 1.70. The normalized spacial score (nSPS) is 14.7. The van der Waals surface area contributed by atoms with E-state index in [9.17, 15) is 15.0 Å². The lowest BCUT2D eigenvalue weighted by atomic mass is 9.80. The molecule has 8 heteroatoms. The van der Waals surface area contributed by atoms with Crippen LogP contribution in [0.2, 0.25) is 0 Å². The van der Waals surface area contributed by atoms with E-state index < -0.39 is 11.4 Å². The number of nitrogens with one attached hydrogen (secondary N) is 2. The molecule has 0 aliphatic carbocycles. The van der Waals surface area contributed by atoms with Gasteiger partial charge >= 0.3 is 0 Å². The topological polar surface area (TPSA) is 106 Å². The number of hydrogen-bond acceptors (Lipinski definition) is 6. The van der Waals surface area contributed by atoms with Crippen LogP contribution in [-0.2, 0) is 10.3 Å². The summed E-state index contributed by atoms with van der Waals surface area (Å²) in [5.74, 6) is -0.576. The Hall–Kier alpha value is -3.65. The standard InChI is InChI=1S/C25H23BrN4O3/c1-15-19(22(31)16(2)23(32)21(15)26)14-27-29-24(33)20-13-25(30-28-20,17-9-5-3-6-10-17)18-11-7-4-8-12-18/h3-12,14,30-32H,13H2,1-2H3,(H,29,33)/b27-14+. The first kappa shape index (κ1) is 22.5. The average Bonchev–Trinajstić information content (AvgIpc) is 3.31. The Morgan fingerprint density at radius 3 is 2.18 bits per heavy atom. The van der Waals surface area contributed by atoms with Gasteiger partial charge in [-0.3, -0.25) is 10.2 Å². The van der Waals surface area contributed by atoms with Gasteiger partial charge in [-0.05, 0) is 46.5 Å². The molecule has 0 aromatic heterocycles. The molecule has 0 unspecified atom stereocenters. The molecule has 168 valence electrons. The molecule has 33 heavy (non-hydrogen) atoms. The first-order valence-electron chi connectivity index (χ1n) is 10.3. The highest BCUT2D eigenvalue weighted by atomic mass is 79.9. The molecular weight excluding hydrogens is 484 g/mol. The van der Waals surface area contributed by atoms with Gasteiger partial charge in [0.2, 0.25) is 0 Å². The van der Waals surface area contributed by atoms with Crippen molar-refractivity contribution in [3.05, 3.63) is 93.0 Å². The average molecular weight is 507 g/mol. The van der Waals surface area contributed by atoms with E-state index in [1.54, 1.807) is 13.8 Å². The predicted octanol–water partition coefficient (Wildman–Crippen LogP) is 4.22. The fraction of sp³-hybridized carbons (Fsp3) is 0.160. The molecule has 1 aliphatic rings. The largest absolute Gasteiger partial charge is 0.507 e. The van der Waals surface area contributed by atoms with Crippen LogP contribution in [0.1, 0.15) is 34.2 Å². The first-order chi connectivity index (χ1) is 15.8. The molecule has 0 saturated carbocycles. The summed E-state index contributed by atoms with van der Waals surface area (Å²) in [6.45, 7) is 3.32. The highest BCUT2D eigenvalue weighted by Gasteiger charge is 2.41. The second-order valence-electron chi connectivity index (χ2n) is 7.86. The summed E-state index contributed by atoms with van der Waals surface area (Å²) in [5, 5.41) is 28.8. The molecule has 4 rings (SSSR count). The molecule has 0 saturated heterocycles. The van der Waals surface area contributed by atoms with Crippen LogP contribution in [0.3, 0.4) is 0 Å². The van der Waals surface area contributed by atoms with Crippen molar-refractivity contribution in [2.24, 2.45) is 10.2 Å². The molecule has 4 N–H and O–H groups in total. The van der Waals surface area contributed by atoms with Gasteiger partial charge in [-0.1, -0.05) is 60.7 Å². The number of carbonyl (C=O) groups is 1. The highest BCUT2D eigenvalue weighted by molar-refractivity contribution is 9.10. The summed E-state index contributed by atoms with van der Waals surface area (Å²) in [6, 6.07) is 19.7. The summed E-state index contributed by atoms with van der Waals surface area (Å²) < 4.78 is 0.463.